The molecule has 16 heavy (non-hydrogen) atoms. The van der Waals surface area contributed by atoms with Crippen molar-refractivity contribution >= 4 is 0 Å². The highest BCUT2D eigenvalue weighted by atomic mass is 16.3. The van der Waals surface area contributed by atoms with E-state index in [0.717, 1.165) is 12.0 Å². The van der Waals surface area contributed by atoms with E-state index in [-0.39, 0.29) is 6.10 Å². The van der Waals surface area contributed by atoms with E-state index in [9.17, 15) is 5.11 Å². The first-order valence-corrected chi connectivity index (χ1v) is 6.39. The van der Waals surface area contributed by atoms with Crippen molar-refractivity contribution in [2.75, 3.05) is 0 Å². The van der Waals surface area contributed by atoms with Crippen LogP contribution in [0, 0.1) is 13.8 Å². The molecule has 1 atom stereocenters. The Morgan fingerprint density at radius 2 is 1.31 bits per heavy atom. The first kappa shape index (κ1) is 17.6. The average molecular weight is 224 g/mol. The van der Waals surface area contributed by atoms with Crippen molar-refractivity contribution in [1.82, 2.24) is 0 Å². The van der Waals surface area contributed by atoms with Crippen LogP contribution in [-0.4, -0.2) is 5.11 Å². The van der Waals surface area contributed by atoms with E-state index in [1.165, 1.54) is 11.1 Å². The standard InChI is InChI=1S/C11H16O.2C2H6/c1-4-11(12)10-6-8(2)5-9(3)7-10;2*1-2/h5-7,11-12H,4H2,1-3H3;2*1-2H3. The Hall–Kier alpha value is -0.820. The fourth-order valence-corrected chi connectivity index (χ4v) is 1.44. The predicted octanol–water partition coefficient (Wildman–Crippen LogP) is 4.80. The Balaban J connectivity index is 0. The predicted molar refractivity (Wildman–Crippen MR) is 73.9 cm³/mol. The molecule has 1 heteroatoms. The molecule has 0 fully saturated rings. The molecule has 1 N–H and O–H groups in total. The minimum Gasteiger partial charge on any atom is -0.388 e. The maximum absolute atomic E-state index is 9.58. The van der Waals surface area contributed by atoms with E-state index >= 15 is 0 Å². The number of benzene rings is 1. The molecule has 0 aliphatic heterocycles. The molecule has 0 bridgehead atoms. The second kappa shape index (κ2) is 10.7. The summed E-state index contributed by atoms with van der Waals surface area (Å²) in [4.78, 5) is 0. The summed E-state index contributed by atoms with van der Waals surface area (Å²) in [5, 5.41) is 9.58. The van der Waals surface area contributed by atoms with Crippen molar-refractivity contribution in [2.24, 2.45) is 0 Å². The van der Waals surface area contributed by atoms with Gasteiger partial charge in [-0.25, -0.2) is 0 Å². The molecule has 0 aliphatic carbocycles. The van der Waals surface area contributed by atoms with Gasteiger partial charge in [0.1, 0.15) is 0 Å². The molecule has 1 aromatic carbocycles. The molecule has 1 aromatic rings. The summed E-state index contributed by atoms with van der Waals surface area (Å²) in [6, 6.07) is 6.20. The van der Waals surface area contributed by atoms with Gasteiger partial charge < -0.3 is 5.11 Å². The van der Waals surface area contributed by atoms with Crippen molar-refractivity contribution in [2.45, 2.75) is 61.0 Å². The van der Waals surface area contributed by atoms with Gasteiger partial charge in [0, 0.05) is 0 Å². The van der Waals surface area contributed by atoms with Crippen molar-refractivity contribution in [3.8, 4) is 0 Å². The normalized spacial score (nSPS) is 10.5. The molecule has 1 rings (SSSR count). The Kier molecular flexibility index (Phi) is 11.7. The monoisotopic (exact) mass is 224 g/mol. The summed E-state index contributed by atoms with van der Waals surface area (Å²) >= 11 is 0. The Morgan fingerprint density at radius 1 is 0.938 bits per heavy atom. The molecule has 1 nitrogen and oxygen atoms in total. The van der Waals surface area contributed by atoms with E-state index in [2.05, 4.69) is 19.9 Å². The van der Waals surface area contributed by atoms with Crippen LogP contribution in [-0.2, 0) is 0 Å². The van der Waals surface area contributed by atoms with Gasteiger partial charge in [0.15, 0.2) is 0 Å². The van der Waals surface area contributed by atoms with E-state index < -0.39 is 0 Å². The number of aliphatic hydroxyl groups excluding tert-OH is 1. The molecular formula is C15H28O. The van der Waals surface area contributed by atoms with Gasteiger partial charge in [-0.05, 0) is 25.8 Å². The van der Waals surface area contributed by atoms with Crippen LogP contribution in [0.3, 0.4) is 0 Å². The third kappa shape index (κ3) is 6.62. The van der Waals surface area contributed by atoms with Gasteiger partial charge in [-0.2, -0.15) is 0 Å². The van der Waals surface area contributed by atoms with Crippen molar-refractivity contribution in [3.63, 3.8) is 0 Å². The number of rotatable bonds is 2. The molecular weight excluding hydrogens is 196 g/mol. The fraction of sp³-hybridized carbons (Fsp3) is 0.600. The van der Waals surface area contributed by atoms with Gasteiger partial charge in [-0.1, -0.05) is 63.9 Å². The molecule has 0 aliphatic rings. The fourth-order valence-electron chi connectivity index (χ4n) is 1.44. The number of aryl methyl sites for hydroxylation is 2. The smallest absolute Gasteiger partial charge is 0.0787 e. The highest BCUT2D eigenvalue weighted by molar-refractivity contribution is 5.29. The summed E-state index contributed by atoms with van der Waals surface area (Å²) in [7, 11) is 0. The molecule has 0 radical (unpaired) electrons. The summed E-state index contributed by atoms with van der Waals surface area (Å²) in [5.74, 6) is 0. The zero-order valence-corrected chi connectivity index (χ0v) is 12.0. The van der Waals surface area contributed by atoms with Crippen LogP contribution in [0.1, 0.15) is 63.8 Å². The number of hydrogen-bond donors (Lipinski definition) is 1. The summed E-state index contributed by atoms with van der Waals surface area (Å²) in [5.41, 5.74) is 3.48. The minimum absolute atomic E-state index is 0.302. The first-order chi connectivity index (χ1) is 7.63. The lowest BCUT2D eigenvalue weighted by Gasteiger charge is -2.09. The van der Waals surface area contributed by atoms with Gasteiger partial charge in [0.05, 0.1) is 6.10 Å². The Bertz CT molecular complexity index is 246. The summed E-state index contributed by atoms with van der Waals surface area (Å²) < 4.78 is 0. The van der Waals surface area contributed by atoms with E-state index in [0.29, 0.717) is 0 Å². The van der Waals surface area contributed by atoms with Crippen molar-refractivity contribution in [3.05, 3.63) is 34.9 Å². The number of aliphatic hydroxyl groups is 1. The maximum atomic E-state index is 9.58. The SMILES string of the molecule is CC.CC.CCC(O)c1cc(C)cc(C)c1. The second-order valence-corrected chi connectivity index (χ2v) is 3.35. The minimum atomic E-state index is -0.302. The Labute approximate surface area is 102 Å². The third-order valence-corrected chi connectivity index (χ3v) is 2.02. The lowest BCUT2D eigenvalue weighted by atomic mass is 10.0. The van der Waals surface area contributed by atoms with Crippen LogP contribution in [0.2, 0.25) is 0 Å². The molecule has 0 saturated heterocycles. The van der Waals surface area contributed by atoms with Crippen LogP contribution in [0.5, 0.6) is 0 Å². The number of hydrogen-bond acceptors (Lipinski definition) is 1. The van der Waals surface area contributed by atoms with Gasteiger partial charge >= 0.3 is 0 Å². The Morgan fingerprint density at radius 3 is 1.62 bits per heavy atom. The highest BCUT2D eigenvalue weighted by Gasteiger charge is 2.04. The molecule has 0 amide bonds. The zero-order valence-electron chi connectivity index (χ0n) is 12.0. The summed E-state index contributed by atoms with van der Waals surface area (Å²) in [6.45, 7) is 14.1. The largest absolute Gasteiger partial charge is 0.388 e. The molecule has 1 unspecified atom stereocenters. The van der Waals surface area contributed by atoms with Crippen LogP contribution in [0.4, 0.5) is 0 Å². The van der Waals surface area contributed by atoms with Crippen LogP contribution in [0.25, 0.3) is 0 Å². The van der Waals surface area contributed by atoms with Crippen LogP contribution in [0.15, 0.2) is 18.2 Å². The summed E-state index contributed by atoms with van der Waals surface area (Å²) in [6.07, 6.45) is 0.478. The van der Waals surface area contributed by atoms with Gasteiger partial charge in [0.2, 0.25) is 0 Å². The molecule has 0 spiro atoms. The molecule has 0 saturated carbocycles. The lowest BCUT2D eigenvalue weighted by molar-refractivity contribution is 0.173. The van der Waals surface area contributed by atoms with E-state index in [1.54, 1.807) is 0 Å². The highest BCUT2D eigenvalue weighted by Crippen LogP contribution is 2.18. The van der Waals surface area contributed by atoms with Crippen LogP contribution < -0.4 is 0 Å². The van der Waals surface area contributed by atoms with E-state index in [4.69, 9.17) is 0 Å². The zero-order chi connectivity index (χ0) is 13.1. The van der Waals surface area contributed by atoms with Crippen molar-refractivity contribution < 1.29 is 5.11 Å². The second-order valence-electron chi connectivity index (χ2n) is 3.35. The van der Waals surface area contributed by atoms with Gasteiger partial charge in [-0.3, -0.25) is 0 Å². The topological polar surface area (TPSA) is 20.2 Å². The average Bonchev–Trinajstić information content (AvgIpc) is 2.32. The van der Waals surface area contributed by atoms with Crippen molar-refractivity contribution in [1.29, 1.82) is 0 Å². The van der Waals surface area contributed by atoms with E-state index in [1.807, 2.05) is 46.8 Å². The third-order valence-electron chi connectivity index (χ3n) is 2.02. The first-order valence-electron chi connectivity index (χ1n) is 6.39. The quantitative estimate of drug-likeness (QED) is 0.765. The maximum Gasteiger partial charge on any atom is 0.0787 e. The molecule has 0 aromatic heterocycles. The molecule has 0 heterocycles. The van der Waals surface area contributed by atoms with Crippen LogP contribution >= 0.6 is 0 Å². The van der Waals surface area contributed by atoms with Gasteiger partial charge in [-0.15, -0.1) is 0 Å². The van der Waals surface area contributed by atoms with Gasteiger partial charge in [0.25, 0.3) is 0 Å². The lowest BCUT2D eigenvalue weighted by Crippen LogP contribution is -1.96. The molecule has 94 valence electrons.